The highest BCUT2D eigenvalue weighted by atomic mass is 32.1. The van der Waals surface area contributed by atoms with Crippen LogP contribution in [0.4, 0.5) is 0 Å². The summed E-state index contributed by atoms with van der Waals surface area (Å²) in [6.07, 6.45) is 3.37. The zero-order chi connectivity index (χ0) is 14.5. The van der Waals surface area contributed by atoms with Gasteiger partial charge in [-0.25, -0.2) is 4.98 Å². The molecule has 3 N–H and O–H groups in total. The van der Waals surface area contributed by atoms with E-state index in [9.17, 15) is 0 Å². The van der Waals surface area contributed by atoms with E-state index < -0.39 is 0 Å². The lowest BCUT2D eigenvalue weighted by molar-refractivity contribution is -0.154. The van der Waals surface area contributed by atoms with Gasteiger partial charge in [0.1, 0.15) is 5.01 Å². The molecule has 0 aromatic carbocycles. The average Bonchev–Trinajstić information content (AvgIpc) is 3.03. The number of ether oxygens (including phenoxy) is 1. The SMILES string of the molecule is Cc1cnc(C(C)NCC2(N)C3CCOC3C2(C)C)s1. The number of hydrogen-bond donors (Lipinski definition) is 2. The second-order valence-electron chi connectivity index (χ2n) is 6.86. The average molecular weight is 295 g/mol. The summed E-state index contributed by atoms with van der Waals surface area (Å²) in [4.78, 5) is 5.71. The quantitative estimate of drug-likeness (QED) is 0.894. The number of aromatic nitrogens is 1. The molecule has 0 radical (unpaired) electrons. The summed E-state index contributed by atoms with van der Waals surface area (Å²) < 4.78 is 5.84. The van der Waals surface area contributed by atoms with Gasteiger partial charge >= 0.3 is 0 Å². The molecule has 3 rings (SSSR count). The number of nitrogens with two attached hydrogens (primary N) is 1. The zero-order valence-electron chi connectivity index (χ0n) is 12.8. The van der Waals surface area contributed by atoms with E-state index in [-0.39, 0.29) is 17.0 Å². The summed E-state index contributed by atoms with van der Waals surface area (Å²) in [6, 6.07) is 0.256. The Balaban J connectivity index is 1.66. The molecule has 1 aromatic heterocycles. The molecule has 2 heterocycles. The highest BCUT2D eigenvalue weighted by Gasteiger charge is 2.67. The van der Waals surface area contributed by atoms with Gasteiger partial charge in [-0.2, -0.15) is 0 Å². The van der Waals surface area contributed by atoms with Crippen molar-refractivity contribution in [2.45, 2.75) is 51.8 Å². The number of hydrogen-bond acceptors (Lipinski definition) is 5. The predicted octanol–water partition coefficient (Wildman–Crippen LogP) is 2.24. The highest BCUT2D eigenvalue weighted by Crippen LogP contribution is 2.57. The van der Waals surface area contributed by atoms with Crippen LogP contribution in [0.15, 0.2) is 6.20 Å². The predicted molar refractivity (Wildman–Crippen MR) is 81.8 cm³/mol. The summed E-state index contributed by atoms with van der Waals surface area (Å²) in [5.74, 6) is 0.496. The van der Waals surface area contributed by atoms with Crippen molar-refractivity contribution in [3.63, 3.8) is 0 Å². The summed E-state index contributed by atoms with van der Waals surface area (Å²) in [5.41, 5.74) is 6.61. The highest BCUT2D eigenvalue weighted by molar-refractivity contribution is 7.11. The van der Waals surface area contributed by atoms with Gasteiger partial charge in [0.15, 0.2) is 0 Å². The maximum absolute atomic E-state index is 6.74. The van der Waals surface area contributed by atoms with Gasteiger partial charge < -0.3 is 15.8 Å². The molecule has 0 spiro atoms. The Bertz CT molecular complexity index is 501. The molecule has 1 aliphatic carbocycles. The molecule has 112 valence electrons. The standard InChI is InChI=1S/C15H25N3OS/c1-9-7-17-13(20-9)10(2)18-8-15(16)11-5-6-19-12(11)14(15,3)4/h7,10-12,18H,5-6,8,16H2,1-4H3. The number of aryl methyl sites for hydroxylation is 1. The molecule has 20 heavy (non-hydrogen) atoms. The molecular formula is C15H25N3OS. The fourth-order valence-corrected chi connectivity index (χ4v) is 4.62. The van der Waals surface area contributed by atoms with E-state index in [2.05, 4.69) is 38.0 Å². The Morgan fingerprint density at radius 1 is 1.60 bits per heavy atom. The first-order valence-corrected chi connectivity index (χ1v) is 8.24. The normalized spacial score (nSPS) is 36.5. The molecule has 2 fully saturated rings. The monoisotopic (exact) mass is 295 g/mol. The molecule has 2 aliphatic rings. The van der Waals surface area contributed by atoms with Crippen molar-refractivity contribution in [2.75, 3.05) is 13.2 Å². The van der Waals surface area contributed by atoms with Crippen LogP contribution >= 0.6 is 11.3 Å². The molecule has 4 unspecified atom stereocenters. The zero-order valence-corrected chi connectivity index (χ0v) is 13.6. The number of thiazole rings is 1. The van der Waals surface area contributed by atoms with Crippen molar-refractivity contribution in [3.8, 4) is 0 Å². The fourth-order valence-electron chi connectivity index (χ4n) is 3.82. The third-order valence-electron chi connectivity index (χ3n) is 5.37. The van der Waals surface area contributed by atoms with Crippen LogP contribution in [-0.2, 0) is 4.74 Å². The van der Waals surface area contributed by atoms with Crippen molar-refractivity contribution in [2.24, 2.45) is 17.1 Å². The van der Waals surface area contributed by atoms with Gasteiger partial charge in [-0.1, -0.05) is 13.8 Å². The molecule has 4 atom stereocenters. The van der Waals surface area contributed by atoms with Crippen LogP contribution in [-0.4, -0.2) is 29.8 Å². The maximum Gasteiger partial charge on any atom is 0.109 e. The lowest BCUT2D eigenvalue weighted by Gasteiger charge is -2.62. The maximum atomic E-state index is 6.74. The summed E-state index contributed by atoms with van der Waals surface area (Å²) in [6.45, 7) is 10.4. The first-order valence-electron chi connectivity index (χ1n) is 7.42. The molecule has 0 amide bonds. The first kappa shape index (κ1) is 14.4. The van der Waals surface area contributed by atoms with Crippen LogP contribution in [0.3, 0.4) is 0 Å². The number of nitrogens with one attached hydrogen (secondary N) is 1. The third kappa shape index (κ3) is 1.95. The Hall–Kier alpha value is -0.490. The second-order valence-corrected chi connectivity index (χ2v) is 8.13. The molecular weight excluding hydrogens is 270 g/mol. The van der Waals surface area contributed by atoms with E-state index in [0.717, 1.165) is 24.6 Å². The summed E-state index contributed by atoms with van der Waals surface area (Å²) in [7, 11) is 0. The van der Waals surface area contributed by atoms with E-state index in [1.165, 1.54) is 4.88 Å². The summed E-state index contributed by atoms with van der Waals surface area (Å²) >= 11 is 1.75. The van der Waals surface area contributed by atoms with Gasteiger partial charge in [-0.3, -0.25) is 0 Å². The van der Waals surface area contributed by atoms with Crippen molar-refractivity contribution >= 4 is 11.3 Å². The summed E-state index contributed by atoms with van der Waals surface area (Å²) in [5, 5.41) is 4.73. The Morgan fingerprint density at radius 2 is 2.35 bits per heavy atom. The Labute approximate surface area is 125 Å². The van der Waals surface area contributed by atoms with Crippen LogP contribution in [0.25, 0.3) is 0 Å². The van der Waals surface area contributed by atoms with Crippen LogP contribution in [0.1, 0.15) is 43.1 Å². The van der Waals surface area contributed by atoms with Gasteiger partial charge in [0.25, 0.3) is 0 Å². The molecule has 1 aromatic rings. The number of fused-ring (bicyclic) bond motifs is 1. The molecule has 1 saturated carbocycles. The van der Waals surface area contributed by atoms with E-state index in [1.807, 2.05) is 6.20 Å². The van der Waals surface area contributed by atoms with Crippen molar-refractivity contribution in [1.29, 1.82) is 0 Å². The number of nitrogens with zero attached hydrogens (tertiary/aromatic N) is 1. The van der Waals surface area contributed by atoms with Crippen LogP contribution in [0.5, 0.6) is 0 Å². The largest absolute Gasteiger partial charge is 0.377 e. The van der Waals surface area contributed by atoms with Gasteiger partial charge in [-0.05, 0) is 20.3 Å². The van der Waals surface area contributed by atoms with Crippen LogP contribution < -0.4 is 11.1 Å². The van der Waals surface area contributed by atoms with Crippen molar-refractivity contribution in [3.05, 3.63) is 16.1 Å². The van der Waals surface area contributed by atoms with Gasteiger partial charge in [0.05, 0.1) is 12.1 Å². The van der Waals surface area contributed by atoms with E-state index in [4.69, 9.17) is 10.5 Å². The molecule has 0 bridgehead atoms. The molecule has 5 heteroatoms. The minimum Gasteiger partial charge on any atom is -0.377 e. The fraction of sp³-hybridized carbons (Fsp3) is 0.800. The smallest absolute Gasteiger partial charge is 0.109 e. The van der Waals surface area contributed by atoms with Gasteiger partial charge in [0.2, 0.25) is 0 Å². The lowest BCUT2D eigenvalue weighted by atomic mass is 9.48. The molecule has 4 nitrogen and oxygen atoms in total. The van der Waals surface area contributed by atoms with Crippen molar-refractivity contribution in [1.82, 2.24) is 10.3 Å². The third-order valence-corrected chi connectivity index (χ3v) is 6.47. The Kier molecular flexibility index (Phi) is 3.44. The lowest BCUT2D eigenvalue weighted by Crippen LogP contribution is -2.78. The van der Waals surface area contributed by atoms with E-state index in [0.29, 0.717) is 12.0 Å². The second kappa shape index (κ2) is 4.77. The number of rotatable bonds is 4. The molecule has 1 aliphatic heterocycles. The first-order chi connectivity index (χ1) is 9.36. The minimum atomic E-state index is -0.172. The Morgan fingerprint density at radius 3 is 3.00 bits per heavy atom. The topological polar surface area (TPSA) is 60.2 Å². The molecule has 1 saturated heterocycles. The van der Waals surface area contributed by atoms with E-state index in [1.54, 1.807) is 11.3 Å². The van der Waals surface area contributed by atoms with Crippen molar-refractivity contribution < 1.29 is 4.74 Å². The minimum absolute atomic E-state index is 0.0414. The van der Waals surface area contributed by atoms with E-state index >= 15 is 0 Å². The van der Waals surface area contributed by atoms with Gasteiger partial charge in [-0.15, -0.1) is 11.3 Å². The van der Waals surface area contributed by atoms with Gasteiger partial charge in [0, 0.05) is 41.1 Å². The van der Waals surface area contributed by atoms with Crippen LogP contribution in [0, 0.1) is 18.3 Å². The van der Waals surface area contributed by atoms with Crippen LogP contribution in [0.2, 0.25) is 0 Å².